The van der Waals surface area contributed by atoms with Crippen LogP contribution in [0.3, 0.4) is 0 Å². The van der Waals surface area contributed by atoms with E-state index in [0.717, 1.165) is 11.4 Å². The van der Waals surface area contributed by atoms with E-state index in [4.69, 9.17) is 10.9 Å². The number of nitro benzene ring substituents is 1. The number of aryl methyl sites for hydroxylation is 1. The summed E-state index contributed by atoms with van der Waals surface area (Å²) in [6.45, 7) is 3.71. The van der Waals surface area contributed by atoms with Crippen molar-refractivity contribution >= 4 is 11.5 Å². The third-order valence-electron chi connectivity index (χ3n) is 3.09. The van der Waals surface area contributed by atoms with Gasteiger partial charge in [0.25, 0.3) is 5.69 Å². The van der Waals surface area contributed by atoms with Crippen LogP contribution in [0.2, 0.25) is 0 Å². The summed E-state index contributed by atoms with van der Waals surface area (Å²) in [4.78, 5) is 14.5. The van der Waals surface area contributed by atoms with Crippen LogP contribution in [-0.4, -0.2) is 25.5 Å². The lowest BCUT2D eigenvalue weighted by Gasteiger charge is -2.11. The molecule has 0 fully saturated rings. The van der Waals surface area contributed by atoms with Gasteiger partial charge in [-0.1, -0.05) is 5.16 Å². The van der Waals surface area contributed by atoms with Gasteiger partial charge in [-0.25, -0.2) is 4.98 Å². The summed E-state index contributed by atoms with van der Waals surface area (Å²) in [6.07, 6.45) is 1.58. The molecular weight excluding hydrogens is 262 g/mol. The highest BCUT2D eigenvalue weighted by Gasteiger charge is 2.16. The number of hydrogen-bond acceptors (Lipinski definition) is 5. The Hall–Kier alpha value is -2.90. The number of hydrogen-bond donors (Lipinski definition) is 2. The van der Waals surface area contributed by atoms with E-state index < -0.39 is 4.92 Å². The largest absolute Gasteiger partial charge is 0.409 e. The first kappa shape index (κ1) is 13.5. The second kappa shape index (κ2) is 5.00. The normalized spacial score (nSPS) is 11.6. The van der Waals surface area contributed by atoms with Crippen molar-refractivity contribution in [2.24, 2.45) is 10.9 Å². The number of imidazole rings is 1. The zero-order valence-corrected chi connectivity index (χ0v) is 10.9. The van der Waals surface area contributed by atoms with Gasteiger partial charge in [0.2, 0.25) is 0 Å². The third kappa shape index (κ3) is 2.18. The lowest BCUT2D eigenvalue weighted by Crippen LogP contribution is -2.17. The number of nitrogens with two attached hydrogens (primary N) is 1. The quantitative estimate of drug-likeness (QED) is 0.289. The molecule has 0 unspecified atom stereocenters. The molecule has 0 spiro atoms. The number of aromatic nitrogens is 2. The van der Waals surface area contributed by atoms with E-state index in [2.05, 4.69) is 10.1 Å². The van der Waals surface area contributed by atoms with Crippen molar-refractivity contribution in [1.29, 1.82) is 0 Å². The van der Waals surface area contributed by atoms with E-state index in [0.29, 0.717) is 5.69 Å². The van der Waals surface area contributed by atoms with Gasteiger partial charge >= 0.3 is 0 Å². The fourth-order valence-corrected chi connectivity index (χ4v) is 1.85. The summed E-state index contributed by atoms with van der Waals surface area (Å²) in [5.74, 6) is -0.200. The summed E-state index contributed by atoms with van der Waals surface area (Å²) in [5, 5.41) is 22.6. The molecule has 0 aliphatic carbocycles. The first-order valence-corrected chi connectivity index (χ1v) is 5.73. The maximum atomic E-state index is 10.8. The van der Waals surface area contributed by atoms with Crippen LogP contribution < -0.4 is 5.73 Å². The van der Waals surface area contributed by atoms with E-state index in [1.165, 1.54) is 12.1 Å². The van der Waals surface area contributed by atoms with Crippen LogP contribution in [0, 0.1) is 24.0 Å². The van der Waals surface area contributed by atoms with Gasteiger partial charge in [0, 0.05) is 17.8 Å². The van der Waals surface area contributed by atoms with Crippen LogP contribution in [0.1, 0.15) is 17.0 Å². The zero-order valence-electron chi connectivity index (χ0n) is 10.9. The van der Waals surface area contributed by atoms with Gasteiger partial charge in [-0.3, -0.25) is 10.1 Å². The van der Waals surface area contributed by atoms with Crippen LogP contribution in [-0.2, 0) is 0 Å². The van der Waals surface area contributed by atoms with E-state index in [1.54, 1.807) is 17.0 Å². The lowest BCUT2D eigenvalue weighted by atomic mass is 10.1. The number of non-ortho nitro benzene ring substituents is 1. The van der Waals surface area contributed by atoms with Crippen LogP contribution in [0.15, 0.2) is 29.7 Å². The van der Waals surface area contributed by atoms with E-state index >= 15 is 0 Å². The molecule has 1 aromatic carbocycles. The summed E-state index contributed by atoms with van der Waals surface area (Å²) in [7, 11) is 0. The molecule has 0 bridgehead atoms. The summed E-state index contributed by atoms with van der Waals surface area (Å²) in [6, 6.07) is 4.16. The standard InChI is InChI=1S/C12H13N5O3/c1-7-8(2)16(6-14-7)11-4-3-9(17(19)20)5-10(11)12(13)15-18/h3-6,18H,1-2H3,(H2,13,15). The second-order valence-electron chi connectivity index (χ2n) is 4.23. The third-order valence-corrected chi connectivity index (χ3v) is 3.09. The van der Waals surface area contributed by atoms with Crippen LogP contribution in [0.25, 0.3) is 5.69 Å². The number of amidine groups is 1. The average Bonchev–Trinajstić information content (AvgIpc) is 2.77. The van der Waals surface area contributed by atoms with Gasteiger partial charge in [0.1, 0.15) is 0 Å². The Balaban J connectivity index is 2.70. The van der Waals surface area contributed by atoms with Crippen LogP contribution >= 0.6 is 0 Å². The number of rotatable bonds is 3. The molecule has 2 rings (SSSR count). The first-order valence-electron chi connectivity index (χ1n) is 5.73. The predicted molar refractivity (Wildman–Crippen MR) is 72.2 cm³/mol. The highest BCUT2D eigenvalue weighted by Crippen LogP contribution is 2.23. The molecule has 1 aromatic heterocycles. The number of benzene rings is 1. The molecule has 8 heteroatoms. The maximum absolute atomic E-state index is 10.8. The molecule has 0 saturated carbocycles. The minimum absolute atomic E-state index is 0.134. The highest BCUT2D eigenvalue weighted by atomic mass is 16.6. The molecule has 104 valence electrons. The molecule has 0 radical (unpaired) electrons. The zero-order chi connectivity index (χ0) is 14.9. The van der Waals surface area contributed by atoms with Gasteiger partial charge in [-0.15, -0.1) is 0 Å². The van der Waals surface area contributed by atoms with E-state index in [-0.39, 0.29) is 17.1 Å². The van der Waals surface area contributed by atoms with Crippen molar-refractivity contribution in [2.75, 3.05) is 0 Å². The molecule has 1 heterocycles. The Morgan fingerprint density at radius 3 is 2.70 bits per heavy atom. The fourth-order valence-electron chi connectivity index (χ4n) is 1.85. The van der Waals surface area contributed by atoms with Crippen molar-refractivity contribution in [3.8, 4) is 5.69 Å². The van der Waals surface area contributed by atoms with Gasteiger partial charge in [-0.05, 0) is 19.9 Å². The number of nitrogens with zero attached hydrogens (tertiary/aromatic N) is 4. The SMILES string of the molecule is Cc1ncn(-c2ccc([N+](=O)[O-])cc2C(N)=NO)c1C. The molecule has 2 aromatic rings. The van der Waals surface area contributed by atoms with Crippen molar-refractivity contribution < 1.29 is 10.1 Å². The van der Waals surface area contributed by atoms with Crippen molar-refractivity contribution in [3.63, 3.8) is 0 Å². The fraction of sp³-hybridized carbons (Fsp3) is 0.167. The molecule has 0 aliphatic heterocycles. The number of oxime groups is 1. The predicted octanol–water partition coefficient (Wildman–Crippen LogP) is 1.49. The Bertz CT molecular complexity index is 705. The van der Waals surface area contributed by atoms with Gasteiger partial charge < -0.3 is 15.5 Å². The van der Waals surface area contributed by atoms with E-state index in [1.807, 2.05) is 13.8 Å². The monoisotopic (exact) mass is 275 g/mol. The molecule has 8 nitrogen and oxygen atoms in total. The topological polar surface area (TPSA) is 120 Å². The Labute approximate surface area is 114 Å². The Morgan fingerprint density at radius 2 is 2.20 bits per heavy atom. The Kier molecular flexibility index (Phi) is 3.38. The summed E-state index contributed by atoms with van der Waals surface area (Å²) < 4.78 is 1.73. The van der Waals surface area contributed by atoms with Crippen molar-refractivity contribution in [1.82, 2.24) is 9.55 Å². The lowest BCUT2D eigenvalue weighted by molar-refractivity contribution is -0.384. The molecule has 0 amide bonds. The van der Waals surface area contributed by atoms with E-state index in [9.17, 15) is 10.1 Å². The molecule has 20 heavy (non-hydrogen) atoms. The molecule has 0 saturated heterocycles. The molecular formula is C12H13N5O3. The van der Waals surface area contributed by atoms with Crippen LogP contribution in [0.4, 0.5) is 5.69 Å². The van der Waals surface area contributed by atoms with Crippen molar-refractivity contribution in [3.05, 3.63) is 51.6 Å². The summed E-state index contributed by atoms with van der Waals surface area (Å²) >= 11 is 0. The first-order chi connectivity index (χ1) is 9.45. The molecule has 0 atom stereocenters. The second-order valence-corrected chi connectivity index (χ2v) is 4.23. The molecule has 0 aliphatic rings. The minimum Gasteiger partial charge on any atom is -0.409 e. The van der Waals surface area contributed by atoms with Gasteiger partial charge in [-0.2, -0.15) is 0 Å². The van der Waals surface area contributed by atoms with Crippen LogP contribution in [0.5, 0.6) is 0 Å². The summed E-state index contributed by atoms with van der Waals surface area (Å²) in [5.41, 5.74) is 7.99. The number of nitro groups is 1. The van der Waals surface area contributed by atoms with Gasteiger partial charge in [0.15, 0.2) is 5.84 Å². The average molecular weight is 275 g/mol. The molecule has 3 N–H and O–H groups in total. The Morgan fingerprint density at radius 1 is 1.50 bits per heavy atom. The minimum atomic E-state index is -0.538. The van der Waals surface area contributed by atoms with Crippen molar-refractivity contribution in [2.45, 2.75) is 13.8 Å². The highest BCUT2D eigenvalue weighted by molar-refractivity contribution is 6.01. The smallest absolute Gasteiger partial charge is 0.270 e. The maximum Gasteiger partial charge on any atom is 0.270 e. The van der Waals surface area contributed by atoms with Gasteiger partial charge in [0.05, 0.1) is 28.2 Å².